The largest absolute Gasteiger partial charge is 0.394 e. The van der Waals surface area contributed by atoms with Gasteiger partial charge in [-0.2, -0.15) is 0 Å². The summed E-state index contributed by atoms with van der Waals surface area (Å²) in [6.45, 7) is 5.00. The summed E-state index contributed by atoms with van der Waals surface area (Å²) in [6.07, 6.45) is 0. The number of hydrogen-bond donors (Lipinski definition) is 3. The lowest BCUT2D eigenvalue weighted by molar-refractivity contribution is 0.0922. The third kappa shape index (κ3) is 4.80. The first-order valence-electron chi connectivity index (χ1n) is 7.85. The number of sulfonamides is 1. The molecular formula is C18H22N2O4S. The standard InChI is InChI=1S/C18H22N2O4S/c1-12-5-4-6-16(9-12)20-25(23,24)17-10-15(8-7-13(17)2)18(22)19-14(3)11-21/h4-10,14,20-21H,11H2,1-3H3,(H,19,22). The van der Waals surface area contributed by atoms with Crippen LogP contribution >= 0.6 is 0 Å². The molecule has 0 aromatic heterocycles. The van der Waals surface area contributed by atoms with E-state index in [0.29, 0.717) is 11.3 Å². The van der Waals surface area contributed by atoms with Gasteiger partial charge in [0.05, 0.1) is 11.5 Å². The molecule has 0 radical (unpaired) electrons. The molecule has 0 heterocycles. The average Bonchev–Trinajstić information content (AvgIpc) is 2.54. The number of nitrogens with one attached hydrogen (secondary N) is 2. The van der Waals surface area contributed by atoms with Crippen molar-refractivity contribution >= 4 is 21.6 Å². The van der Waals surface area contributed by atoms with Crippen LogP contribution in [0.4, 0.5) is 5.69 Å². The van der Waals surface area contributed by atoms with Crippen LogP contribution in [0.1, 0.15) is 28.4 Å². The summed E-state index contributed by atoms with van der Waals surface area (Å²) < 4.78 is 27.9. The second kappa shape index (κ2) is 7.67. The smallest absolute Gasteiger partial charge is 0.262 e. The number of benzene rings is 2. The average molecular weight is 362 g/mol. The molecule has 1 amide bonds. The third-order valence-corrected chi connectivity index (χ3v) is 5.18. The summed E-state index contributed by atoms with van der Waals surface area (Å²) >= 11 is 0. The van der Waals surface area contributed by atoms with Crippen LogP contribution in [0.5, 0.6) is 0 Å². The summed E-state index contributed by atoms with van der Waals surface area (Å²) in [7, 11) is -3.83. The Morgan fingerprint density at radius 3 is 2.52 bits per heavy atom. The van der Waals surface area contributed by atoms with Crippen LogP contribution < -0.4 is 10.0 Å². The van der Waals surface area contributed by atoms with Gasteiger partial charge in [0.1, 0.15) is 0 Å². The number of carbonyl (C=O) groups excluding carboxylic acids is 1. The molecule has 2 aromatic carbocycles. The predicted molar refractivity (Wildman–Crippen MR) is 97.2 cm³/mol. The van der Waals surface area contributed by atoms with Crippen molar-refractivity contribution in [1.82, 2.24) is 5.32 Å². The molecule has 0 aliphatic carbocycles. The van der Waals surface area contributed by atoms with Gasteiger partial charge in [0, 0.05) is 17.3 Å². The zero-order chi connectivity index (χ0) is 18.6. The van der Waals surface area contributed by atoms with Crippen molar-refractivity contribution in [3.63, 3.8) is 0 Å². The molecule has 3 N–H and O–H groups in total. The molecule has 0 fully saturated rings. The SMILES string of the molecule is Cc1cccc(NS(=O)(=O)c2cc(C(=O)NC(C)CO)ccc2C)c1. The molecular weight excluding hydrogens is 340 g/mol. The Kier molecular flexibility index (Phi) is 5.81. The van der Waals surface area contributed by atoms with E-state index in [9.17, 15) is 13.2 Å². The Balaban J connectivity index is 2.34. The molecule has 134 valence electrons. The van der Waals surface area contributed by atoms with E-state index in [1.54, 1.807) is 44.2 Å². The molecule has 25 heavy (non-hydrogen) atoms. The second-order valence-corrected chi connectivity index (χ2v) is 7.66. The summed E-state index contributed by atoms with van der Waals surface area (Å²) in [5, 5.41) is 11.6. The van der Waals surface area contributed by atoms with E-state index in [-0.39, 0.29) is 17.1 Å². The summed E-state index contributed by atoms with van der Waals surface area (Å²) in [6, 6.07) is 11.1. The number of carbonyl (C=O) groups is 1. The van der Waals surface area contributed by atoms with Gasteiger partial charge in [0.15, 0.2) is 0 Å². The maximum absolute atomic E-state index is 12.7. The lowest BCUT2D eigenvalue weighted by Crippen LogP contribution is -2.35. The number of aliphatic hydroxyl groups is 1. The molecule has 1 unspecified atom stereocenters. The Bertz CT molecular complexity index is 878. The number of anilines is 1. The number of aliphatic hydroxyl groups excluding tert-OH is 1. The fourth-order valence-corrected chi connectivity index (χ4v) is 3.62. The normalized spacial score (nSPS) is 12.5. The van der Waals surface area contributed by atoms with Gasteiger partial charge in [-0.25, -0.2) is 8.42 Å². The van der Waals surface area contributed by atoms with Crippen LogP contribution in [0, 0.1) is 13.8 Å². The van der Waals surface area contributed by atoms with Crippen LogP contribution in [-0.4, -0.2) is 32.1 Å². The molecule has 0 aliphatic rings. The van der Waals surface area contributed by atoms with Gasteiger partial charge in [0.25, 0.3) is 15.9 Å². The first-order valence-corrected chi connectivity index (χ1v) is 9.33. The van der Waals surface area contributed by atoms with E-state index < -0.39 is 22.0 Å². The highest BCUT2D eigenvalue weighted by Gasteiger charge is 2.20. The molecule has 2 aromatic rings. The van der Waals surface area contributed by atoms with E-state index in [2.05, 4.69) is 10.0 Å². The van der Waals surface area contributed by atoms with Crippen LogP contribution in [0.2, 0.25) is 0 Å². The molecule has 7 heteroatoms. The Morgan fingerprint density at radius 2 is 1.88 bits per heavy atom. The van der Waals surface area contributed by atoms with Gasteiger partial charge in [-0.3, -0.25) is 9.52 Å². The van der Waals surface area contributed by atoms with Gasteiger partial charge in [-0.1, -0.05) is 18.2 Å². The predicted octanol–water partition coefficient (Wildman–Crippen LogP) is 2.21. The number of amides is 1. The minimum absolute atomic E-state index is 0.0401. The van der Waals surface area contributed by atoms with Crippen molar-refractivity contribution in [1.29, 1.82) is 0 Å². The topological polar surface area (TPSA) is 95.5 Å². The summed E-state index contributed by atoms with van der Waals surface area (Å²) in [5.41, 5.74) is 2.15. The van der Waals surface area contributed by atoms with E-state index in [0.717, 1.165) is 5.56 Å². The molecule has 0 spiro atoms. The third-order valence-electron chi connectivity index (χ3n) is 3.66. The molecule has 2 rings (SSSR count). The van der Waals surface area contributed by atoms with Crippen molar-refractivity contribution in [2.45, 2.75) is 31.7 Å². The quantitative estimate of drug-likeness (QED) is 0.734. The monoisotopic (exact) mass is 362 g/mol. The van der Waals surface area contributed by atoms with E-state index in [1.165, 1.54) is 6.07 Å². The minimum Gasteiger partial charge on any atom is -0.394 e. The summed E-state index contributed by atoms with van der Waals surface area (Å²) in [4.78, 5) is 12.2. The van der Waals surface area contributed by atoms with E-state index in [4.69, 9.17) is 5.11 Å². The first kappa shape index (κ1) is 19.0. The lowest BCUT2D eigenvalue weighted by Gasteiger charge is -2.14. The first-order chi connectivity index (χ1) is 11.7. The molecule has 1 atom stereocenters. The molecule has 0 bridgehead atoms. The molecule has 0 saturated carbocycles. The summed E-state index contributed by atoms with van der Waals surface area (Å²) in [5.74, 6) is -0.437. The fraction of sp³-hybridized carbons (Fsp3) is 0.278. The maximum Gasteiger partial charge on any atom is 0.262 e. The Morgan fingerprint density at radius 1 is 1.16 bits per heavy atom. The van der Waals surface area contributed by atoms with Crippen LogP contribution in [0.3, 0.4) is 0 Å². The number of hydrogen-bond acceptors (Lipinski definition) is 4. The van der Waals surface area contributed by atoms with E-state index in [1.807, 2.05) is 13.0 Å². The van der Waals surface area contributed by atoms with Crippen LogP contribution in [0.15, 0.2) is 47.4 Å². The second-order valence-electron chi connectivity index (χ2n) is 6.01. The van der Waals surface area contributed by atoms with Crippen LogP contribution in [-0.2, 0) is 10.0 Å². The van der Waals surface area contributed by atoms with Crippen molar-refractivity contribution < 1.29 is 18.3 Å². The van der Waals surface area contributed by atoms with Gasteiger partial charge >= 0.3 is 0 Å². The van der Waals surface area contributed by atoms with Gasteiger partial charge in [-0.15, -0.1) is 0 Å². The zero-order valence-electron chi connectivity index (χ0n) is 14.4. The van der Waals surface area contributed by atoms with Gasteiger partial charge in [-0.05, 0) is 56.2 Å². The highest BCUT2D eigenvalue weighted by Crippen LogP contribution is 2.21. The highest BCUT2D eigenvalue weighted by molar-refractivity contribution is 7.92. The Labute approximate surface area is 147 Å². The maximum atomic E-state index is 12.7. The van der Waals surface area contributed by atoms with E-state index >= 15 is 0 Å². The van der Waals surface area contributed by atoms with Crippen molar-refractivity contribution in [3.05, 3.63) is 59.2 Å². The lowest BCUT2D eigenvalue weighted by atomic mass is 10.1. The van der Waals surface area contributed by atoms with Gasteiger partial charge in [0.2, 0.25) is 0 Å². The molecule has 6 nitrogen and oxygen atoms in total. The number of aryl methyl sites for hydroxylation is 2. The Hall–Kier alpha value is -2.38. The minimum atomic E-state index is -3.83. The highest BCUT2D eigenvalue weighted by atomic mass is 32.2. The van der Waals surface area contributed by atoms with Crippen molar-refractivity contribution in [2.75, 3.05) is 11.3 Å². The fourth-order valence-electron chi connectivity index (χ4n) is 2.30. The van der Waals surface area contributed by atoms with Crippen molar-refractivity contribution in [3.8, 4) is 0 Å². The van der Waals surface area contributed by atoms with Crippen LogP contribution in [0.25, 0.3) is 0 Å². The zero-order valence-corrected chi connectivity index (χ0v) is 15.2. The van der Waals surface area contributed by atoms with Gasteiger partial charge < -0.3 is 10.4 Å². The molecule has 0 aliphatic heterocycles. The van der Waals surface area contributed by atoms with Crippen molar-refractivity contribution in [2.24, 2.45) is 0 Å². The molecule has 0 saturated heterocycles. The number of rotatable bonds is 6.